The van der Waals surface area contributed by atoms with Gasteiger partial charge in [-0.05, 0) is 18.6 Å². The molecule has 0 aliphatic heterocycles. The molecule has 5 heterocycles. The smallest absolute Gasteiger partial charge is 0.352 e. The fourth-order valence-corrected chi connectivity index (χ4v) is 4.38. The average Bonchev–Trinajstić information content (AvgIpc) is 3.50. The third-order valence-electron chi connectivity index (χ3n) is 6.71. The van der Waals surface area contributed by atoms with Crippen molar-refractivity contribution in [1.29, 1.82) is 0 Å². The number of nitrogens with two attached hydrogens (primary N) is 1. The number of amides is 2. The summed E-state index contributed by atoms with van der Waals surface area (Å²) in [6.45, 7) is 4.26. The lowest BCUT2D eigenvalue weighted by molar-refractivity contribution is 0.0962. The van der Waals surface area contributed by atoms with Crippen LogP contribution in [0.1, 0.15) is 47.8 Å². The molecule has 0 aliphatic rings. The summed E-state index contributed by atoms with van der Waals surface area (Å²) in [5.74, 6) is 0.0981. The second-order valence-corrected chi connectivity index (χ2v) is 9.77. The summed E-state index contributed by atoms with van der Waals surface area (Å²) < 4.78 is 18.3. The van der Waals surface area contributed by atoms with E-state index in [0.29, 0.717) is 29.4 Å². The van der Waals surface area contributed by atoms with E-state index in [0.717, 1.165) is 25.5 Å². The van der Waals surface area contributed by atoms with Gasteiger partial charge in [-0.3, -0.25) is 14.6 Å². The molecule has 6 aromatic rings. The number of benzene rings is 1. The number of nitrogens with one attached hydrogen (secondary N) is 2. The number of fused-ring (bicyclic) bond motifs is 2. The Hall–Kier alpha value is -6.19. The van der Waals surface area contributed by atoms with Crippen LogP contribution in [-0.4, -0.2) is 74.7 Å². The lowest BCUT2D eigenvalue weighted by atomic mass is 9.96. The van der Waals surface area contributed by atoms with Crippen molar-refractivity contribution in [3.8, 4) is 11.3 Å². The third kappa shape index (κ3) is 6.43. The highest BCUT2D eigenvalue weighted by Crippen LogP contribution is 2.27. The molecule has 0 bridgehead atoms. The van der Waals surface area contributed by atoms with E-state index in [2.05, 4.69) is 57.8 Å². The molecular formula is C29H29N13O3. The molecule has 45 heavy (non-hydrogen) atoms. The first-order chi connectivity index (χ1) is 22.5. The summed E-state index contributed by atoms with van der Waals surface area (Å²) in [6, 6.07) is 9.22. The van der Waals surface area contributed by atoms with Gasteiger partial charge in [-0.25, -0.2) is 34.1 Å². The maximum Gasteiger partial charge on any atom is 0.352 e. The van der Waals surface area contributed by atoms with Gasteiger partial charge in [0.15, 0.2) is 11.3 Å². The van der Waals surface area contributed by atoms with Gasteiger partial charge in [0.2, 0.25) is 0 Å². The summed E-state index contributed by atoms with van der Waals surface area (Å²) in [4.78, 5) is 59.2. The minimum absolute atomic E-state index is 0.0423. The lowest BCUT2D eigenvalue weighted by Gasteiger charge is -2.16. The van der Waals surface area contributed by atoms with Gasteiger partial charge >= 0.3 is 5.69 Å². The predicted molar refractivity (Wildman–Crippen MR) is 164 cm³/mol. The van der Waals surface area contributed by atoms with Crippen molar-refractivity contribution in [2.24, 2.45) is 12.8 Å². The number of pyridine rings is 1. The van der Waals surface area contributed by atoms with Gasteiger partial charge in [0.25, 0.3) is 11.8 Å². The van der Waals surface area contributed by atoms with Gasteiger partial charge in [0, 0.05) is 62.1 Å². The zero-order valence-corrected chi connectivity index (χ0v) is 24.7. The van der Waals surface area contributed by atoms with E-state index in [4.69, 9.17) is 8.48 Å². The van der Waals surface area contributed by atoms with Crippen molar-refractivity contribution >= 4 is 34.2 Å². The van der Waals surface area contributed by atoms with Crippen LogP contribution in [0, 0.1) is 6.92 Å². The summed E-state index contributed by atoms with van der Waals surface area (Å²) in [5.41, 5.74) is 7.65. The van der Waals surface area contributed by atoms with E-state index in [1.54, 1.807) is 32.3 Å². The minimum atomic E-state index is -0.741. The Morgan fingerprint density at radius 3 is 2.60 bits per heavy atom. The van der Waals surface area contributed by atoms with Crippen molar-refractivity contribution in [2.75, 3.05) is 18.9 Å². The summed E-state index contributed by atoms with van der Waals surface area (Å²) in [6.07, 6.45) is 4.13. The highest BCUT2D eigenvalue weighted by atomic mass is 16.2. The predicted octanol–water partition coefficient (Wildman–Crippen LogP) is 1.29. The summed E-state index contributed by atoms with van der Waals surface area (Å²) in [5, 5.41) is 13.9. The Balaban J connectivity index is 0.000000257. The summed E-state index contributed by atoms with van der Waals surface area (Å²) in [7, 11) is 3.05. The van der Waals surface area contributed by atoms with E-state index in [1.807, 2.05) is 18.2 Å². The van der Waals surface area contributed by atoms with Crippen molar-refractivity contribution in [3.63, 3.8) is 0 Å². The Kier molecular flexibility index (Phi) is 7.97. The Morgan fingerprint density at radius 1 is 1.09 bits per heavy atom. The maximum absolute atomic E-state index is 12.2. The van der Waals surface area contributed by atoms with Crippen LogP contribution in [-0.2, 0) is 7.05 Å². The van der Waals surface area contributed by atoms with Gasteiger partial charge in [-0.1, -0.05) is 30.3 Å². The Bertz CT molecular complexity index is 2180. The van der Waals surface area contributed by atoms with Crippen LogP contribution in [0.3, 0.4) is 0 Å². The molecule has 0 radical (unpaired) electrons. The van der Waals surface area contributed by atoms with Crippen molar-refractivity contribution in [1.82, 2.24) is 54.6 Å². The third-order valence-corrected chi connectivity index (χ3v) is 6.71. The van der Waals surface area contributed by atoms with Gasteiger partial charge in [0.05, 0.1) is 19.5 Å². The van der Waals surface area contributed by atoms with Crippen LogP contribution in [0.15, 0.2) is 66.3 Å². The number of hydrogen-bond donors (Lipinski definition) is 3. The number of nitrogens with zero attached hydrogens (tertiary/aromatic N) is 10. The normalized spacial score (nSPS) is 12.1. The molecule has 1 aromatic carbocycles. The van der Waals surface area contributed by atoms with Crippen LogP contribution < -0.4 is 22.1 Å². The Morgan fingerprint density at radius 2 is 1.87 bits per heavy atom. The lowest BCUT2D eigenvalue weighted by Crippen LogP contribution is -2.27. The molecule has 0 saturated carbocycles. The number of primary amides is 1. The van der Waals surface area contributed by atoms with Crippen LogP contribution in [0.2, 0.25) is 0 Å². The van der Waals surface area contributed by atoms with Crippen LogP contribution in [0.4, 0.5) is 5.82 Å². The molecule has 4 N–H and O–H groups in total. The molecule has 6 rings (SSSR count). The number of para-hydroxylation sites is 1. The number of rotatable bonds is 7. The maximum atomic E-state index is 12.2. The molecular weight excluding hydrogens is 578 g/mol. The van der Waals surface area contributed by atoms with Gasteiger partial charge in [0.1, 0.15) is 24.3 Å². The highest BCUT2D eigenvalue weighted by Gasteiger charge is 2.16. The fraction of sp³-hybridized carbons (Fsp3) is 0.207. The van der Waals surface area contributed by atoms with Crippen molar-refractivity contribution < 1.29 is 12.3 Å². The highest BCUT2D eigenvalue weighted by molar-refractivity contribution is 6.06. The number of carbonyl (C=O) groups is 2. The van der Waals surface area contributed by atoms with Gasteiger partial charge < -0.3 is 16.4 Å². The summed E-state index contributed by atoms with van der Waals surface area (Å²) >= 11 is 0. The zero-order chi connectivity index (χ0) is 33.8. The second-order valence-electron chi connectivity index (χ2n) is 9.77. The van der Waals surface area contributed by atoms with Gasteiger partial charge in [-0.2, -0.15) is 4.68 Å². The van der Waals surface area contributed by atoms with E-state index < -0.39 is 11.6 Å². The SMILES string of the molecule is Cn1nnc2c(C(N)=O)ncn2c1=O.[2H]c1nc(C)nc([2H])c1-c1cc(NC[C@@H](C)c2cccc3c(C(=O)NC)ccnc23)ncn1. The van der Waals surface area contributed by atoms with Crippen molar-refractivity contribution in [3.05, 3.63) is 94.7 Å². The van der Waals surface area contributed by atoms with Crippen LogP contribution >= 0.6 is 0 Å². The number of imidazole rings is 1. The van der Waals surface area contributed by atoms with E-state index in [1.165, 1.54) is 19.7 Å². The molecule has 16 nitrogen and oxygen atoms in total. The van der Waals surface area contributed by atoms with Crippen LogP contribution in [0.5, 0.6) is 0 Å². The molecule has 5 aromatic heterocycles. The number of carbonyl (C=O) groups excluding carboxylic acids is 2. The quantitative estimate of drug-likeness (QED) is 0.233. The molecule has 0 aliphatic carbocycles. The average molecular weight is 610 g/mol. The first kappa shape index (κ1) is 27.6. The standard InChI is InChI=1S/C23H23N7O.C6H6N6O2/c1-14(17-5-4-6-18-19(23(31)24-3)7-8-25-22(17)18)10-28-21-9-20(29-13-30-21)16-11-26-15(2)27-12-16;1-11-6(14)12-2-8-3(4(7)13)5(12)9-10-11/h4-9,11-14H,10H2,1-3H3,(H,24,31)(H,28,29,30);2H,1H3,(H2,7,13)/t14-;/m1./s1/i11D,12D;. The number of hydrogen-bond acceptors (Lipinski definition) is 12. The van der Waals surface area contributed by atoms with Crippen LogP contribution in [0.25, 0.3) is 27.8 Å². The first-order valence-corrected chi connectivity index (χ1v) is 13.5. The number of anilines is 1. The van der Waals surface area contributed by atoms with Crippen molar-refractivity contribution in [2.45, 2.75) is 19.8 Å². The Labute approximate surface area is 258 Å². The molecule has 0 unspecified atom stereocenters. The monoisotopic (exact) mass is 609 g/mol. The fourth-order valence-electron chi connectivity index (χ4n) is 4.38. The number of aromatic nitrogens is 10. The van der Waals surface area contributed by atoms with E-state index >= 15 is 0 Å². The zero-order valence-electron chi connectivity index (χ0n) is 26.7. The largest absolute Gasteiger partial charge is 0.369 e. The van der Waals surface area contributed by atoms with E-state index in [9.17, 15) is 14.4 Å². The van der Waals surface area contributed by atoms with Gasteiger partial charge in [-0.15, -0.1) is 5.10 Å². The molecule has 2 amide bonds. The first-order valence-electron chi connectivity index (χ1n) is 14.5. The topological polar surface area (TPSA) is 214 Å². The molecule has 1 atom stereocenters. The molecule has 228 valence electrons. The second kappa shape index (κ2) is 13.0. The molecule has 0 fully saturated rings. The number of aryl methyl sites for hydroxylation is 2. The van der Waals surface area contributed by atoms with E-state index in [-0.39, 0.29) is 41.1 Å². The molecule has 0 saturated heterocycles. The molecule has 16 heteroatoms. The minimum Gasteiger partial charge on any atom is -0.369 e. The molecule has 0 spiro atoms.